The maximum atomic E-state index is 13.7. The van der Waals surface area contributed by atoms with E-state index in [1.807, 2.05) is 60.9 Å². The molecule has 0 aromatic heterocycles. The quantitative estimate of drug-likeness (QED) is 0.737. The fourth-order valence-electron chi connectivity index (χ4n) is 4.86. The number of nitrogens with zero attached hydrogens (tertiary/aromatic N) is 3. The zero-order valence-corrected chi connectivity index (χ0v) is 19.0. The second-order valence-electron chi connectivity index (χ2n) is 9.24. The first-order chi connectivity index (χ1) is 15.0. The molecule has 2 aliphatic rings. The van der Waals surface area contributed by atoms with Crippen molar-refractivity contribution in [3.05, 3.63) is 65.7 Å². The maximum absolute atomic E-state index is 13.7. The normalized spacial score (nSPS) is 19.5. The fraction of sp³-hybridized carbons (Fsp3) is 0.440. The Labute approximate surface area is 188 Å². The number of alkyl halides is 2. The average Bonchev–Trinajstić information content (AvgIpc) is 2.72. The lowest BCUT2D eigenvalue weighted by molar-refractivity contribution is -0.143. The molecular formula is C25H30F2N4O. The number of carbonyl (C=O) groups is 1. The topological polar surface area (TPSA) is 50.6 Å². The number of hydrogen-bond donors (Lipinski definition) is 1. The lowest BCUT2D eigenvalue weighted by atomic mass is 9.80. The molecule has 32 heavy (non-hydrogen) atoms. The summed E-state index contributed by atoms with van der Waals surface area (Å²) in [6.45, 7) is 7.99. The number of anilines is 1. The molecule has 4 rings (SSSR count). The van der Waals surface area contributed by atoms with Crippen molar-refractivity contribution in [3.8, 4) is 0 Å². The Morgan fingerprint density at radius 1 is 1.00 bits per heavy atom. The molecule has 1 unspecified atom stereocenters. The first-order valence-electron chi connectivity index (χ1n) is 11.0. The molecule has 2 aromatic carbocycles. The van der Waals surface area contributed by atoms with Crippen molar-refractivity contribution in [1.82, 2.24) is 9.80 Å². The van der Waals surface area contributed by atoms with Crippen LogP contribution < -0.4 is 4.90 Å². The predicted octanol–water partition coefficient (Wildman–Crippen LogP) is 4.65. The molecule has 0 saturated carbocycles. The van der Waals surface area contributed by atoms with Gasteiger partial charge in [0.15, 0.2) is 0 Å². The number of hydrogen-bond acceptors (Lipinski definition) is 3. The van der Waals surface area contributed by atoms with Gasteiger partial charge in [-0.15, -0.1) is 0 Å². The highest BCUT2D eigenvalue weighted by molar-refractivity contribution is 6.02. The van der Waals surface area contributed by atoms with Crippen molar-refractivity contribution in [1.29, 1.82) is 5.41 Å². The number of rotatable bonds is 5. The summed E-state index contributed by atoms with van der Waals surface area (Å²) >= 11 is 0. The zero-order valence-electron chi connectivity index (χ0n) is 19.0. The van der Waals surface area contributed by atoms with Crippen LogP contribution in [0, 0.1) is 5.41 Å². The average molecular weight is 441 g/mol. The maximum Gasteiger partial charge on any atom is 0.270 e. The second kappa shape index (κ2) is 7.87. The third-order valence-corrected chi connectivity index (χ3v) is 6.70. The summed E-state index contributed by atoms with van der Waals surface area (Å²) in [5.41, 5.74) is 1.05. The third kappa shape index (κ3) is 3.63. The van der Waals surface area contributed by atoms with Crippen molar-refractivity contribution in [2.75, 3.05) is 24.5 Å². The SMILES string of the molecule is CC(C)N1CC(=O)N(C(C)c2ccc(C(C)(F)F)cc2)C2(CN(c3ccccc3)C2)C1=N. The van der Waals surface area contributed by atoms with Crippen molar-refractivity contribution in [2.24, 2.45) is 0 Å². The summed E-state index contributed by atoms with van der Waals surface area (Å²) in [6, 6.07) is 15.9. The lowest BCUT2D eigenvalue weighted by Crippen LogP contribution is -2.81. The van der Waals surface area contributed by atoms with E-state index in [-0.39, 0.29) is 30.1 Å². The minimum Gasteiger partial charge on any atom is -0.366 e. The van der Waals surface area contributed by atoms with E-state index in [0.29, 0.717) is 18.9 Å². The van der Waals surface area contributed by atoms with Gasteiger partial charge in [0.25, 0.3) is 5.92 Å². The van der Waals surface area contributed by atoms with Gasteiger partial charge < -0.3 is 14.7 Å². The highest BCUT2D eigenvalue weighted by Gasteiger charge is 2.59. The highest BCUT2D eigenvalue weighted by Crippen LogP contribution is 2.42. The number of piperazine rings is 1. The number of nitrogens with one attached hydrogen (secondary N) is 1. The predicted molar refractivity (Wildman–Crippen MR) is 122 cm³/mol. The molecule has 1 atom stereocenters. The molecule has 2 aromatic rings. The molecule has 0 aliphatic carbocycles. The lowest BCUT2D eigenvalue weighted by Gasteiger charge is -2.62. The van der Waals surface area contributed by atoms with Gasteiger partial charge in [0, 0.05) is 24.2 Å². The van der Waals surface area contributed by atoms with Gasteiger partial charge in [-0.25, -0.2) is 8.78 Å². The van der Waals surface area contributed by atoms with Gasteiger partial charge in [-0.1, -0.05) is 42.5 Å². The smallest absolute Gasteiger partial charge is 0.270 e. The Bertz CT molecular complexity index is 995. The summed E-state index contributed by atoms with van der Waals surface area (Å²) in [7, 11) is 0. The van der Waals surface area contributed by atoms with Gasteiger partial charge in [-0.05, 0) is 38.5 Å². The second-order valence-corrected chi connectivity index (χ2v) is 9.24. The van der Waals surface area contributed by atoms with Gasteiger partial charge in [0.2, 0.25) is 5.91 Å². The van der Waals surface area contributed by atoms with Crippen molar-refractivity contribution in [3.63, 3.8) is 0 Å². The number of halogens is 2. The molecule has 1 spiro atoms. The molecule has 2 aliphatic heterocycles. The number of para-hydroxylation sites is 1. The monoisotopic (exact) mass is 440 g/mol. The van der Waals surface area contributed by atoms with Gasteiger partial charge in [-0.2, -0.15) is 0 Å². The summed E-state index contributed by atoms with van der Waals surface area (Å²) in [5.74, 6) is -2.50. The summed E-state index contributed by atoms with van der Waals surface area (Å²) < 4.78 is 27.3. The Balaban J connectivity index is 1.67. The van der Waals surface area contributed by atoms with Crippen LogP contribution in [0.25, 0.3) is 0 Å². The van der Waals surface area contributed by atoms with E-state index in [4.69, 9.17) is 5.41 Å². The minimum absolute atomic E-state index is 0.0395. The van der Waals surface area contributed by atoms with Crippen molar-refractivity contribution in [2.45, 2.75) is 51.2 Å². The minimum atomic E-state index is -2.91. The van der Waals surface area contributed by atoms with E-state index < -0.39 is 11.5 Å². The van der Waals surface area contributed by atoms with Crippen molar-refractivity contribution < 1.29 is 13.6 Å². The molecule has 2 fully saturated rings. The first-order valence-corrected chi connectivity index (χ1v) is 11.0. The Morgan fingerprint density at radius 2 is 1.59 bits per heavy atom. The number of benzene rings is 2. The molecule has 2 saturated heterocycles. The van der Waals surface area contributed by atoms with Gasteiger partial charge in [0.05, 0.1) is 25.7 Å². The van der Waals surface area contributed by atoms with Crippen LogP contribution in [0.5, 0.6) is 0 Å². The molecule has 0 radical (unpaired) electrons. The Morgan fingerprint density at radius 3 is 2.12 bits per heavy atom. The number of carbonyl (C=O) groups excluding carboxylic acids is 1. The van der Waals surface area contributed by atoms with E-state index in [2.05, 4.69) is 4.90 Å². The van der Waals surface area contributed by atoms with Crippen LogP contribution in [0.2, 0.25) is 0 Å². The highest BCUT2D eigenvalue weighted by atomic mass is 19.3. The van der Waals surface area contributed by atoms with Crippen LogP contribution in [-0.2, 0) is 10.7 Å². The van der Waals surface area contributed by atoms with Gasteiger partial charge in [-0.3, -0.25) is 10.2 Å². The molecule has 170 valence electrons. The zero-order chi connectivity index (χ0) is 23.3. The van der Waals surface area contributed by atoms with E-state index in [9.17, 15) is 13.6 Å². The third-order valence-electron chi connectivity index (χ3n) is 6.70. The van der Waals surface area contributed by atoms with Crippen LogP contribution in [0.1, 0.15) is 44.9 Å². The van der Waals surface area contributed by atoms with E-state index >= 15 is 0 Å². The van der Waals surface area contributed by atoms with Gasteiger partial charge >= 0.3 is 0 Å². The van der Waals surface area contributed by atoms with E-state index in [0.717, 1.165) is 18.2 Å². The van der Waals surface area contributed by atoms with Crippen LogP contribution in [0.3, 0.4) is 0 Å². The number of amidine groups is 1. The molecule has 7 heteroatoms. The van der Waals surface area contributed by atoms with Crippen molar-refractivity contribution >= 4 is 17.4 Å². The Kier molecular flexibility index (Phi) is 5.47. The standard InChI is InChI=1S/C25H30F2N4O/c1-17(2)30-14-22(32)31(18(3)19-10-12-20(13-11-19)24(4,26)27)25(23(30)28)15-29(16-25)21-8-6-5-7-9-21/h5-13,17-18,28H,14-16H2,1-4H3. The molecular weight excluding hydrogens is 410 g/mol. The first kappa shape index (κ1) is 22.2. The van der Waals surface area contributed by atoms with E-state index in [1.165, 1.54) is 12.1 Å². The summed E-state index contributed by atoms with van der Waals surface area (Å²) in [5, 5.41) is 9.03. The molecule has 2 heterocycles. The summed E-state index contributed by atoms with van der Waals surface area (Å²) in [6.07, 6.45) is 0. The molecule has 1 N–H and O–H groups in total. The summed E-state index contributed by atoms with van der Waals surface area (Å²) in [4.78, 5) is 19.3. The Hall–Kier alpha value is -2.96. The molecule has 5 nitrogen and oxygen atoms in total. The number of amides is 1. The van der Waals surface area contributed by atoms with Crippen LogP contribution in [-0.4, -0.2) is 52.8 Å². The van der Waals surface area contributed by atoms with Crippen LogP contribution in [0.4, 0.5) is 14.5 Å². The van der Waals surface area contributed by atoms with Gasteiger partial charge in [0.1, 0.15) is 11.4 Å². The molecule has 1 amide bonds. The van der Waals surface area contributed by atoms with Crippen LogP contribution in [0.15, 0.2) is 54.6 Å². The van der Waals surface area contributed by atoms with Crippen LogP contribution >= 0.6 is 0 Å². The fourth-order valence-corrected chi connectivity index (χ4v) is 4.86. The van der Waals surface area contributed by atoms with E-state index in [1.54, 1.807) is 12.1 Å². The molecule has 0 bridgehead atoms. The largest absolute Gasteiger partial charge is 0.366 e.